The molecule has 3 rings (SSSR count). The summed E-state index contributed by atoms with van der Waals surface area (Å²) < 4.78 is 107. The van der Waals surface area contributed by atoms with E-state index in [1.807, 2.05) is 0 Å². The van der Waals surface area contributed by atoms with Crippen molar-refractivity contribution in [1.29, 1.82) is 0 Å². The van der Waals surface area contributed by atoms with Gasteiger partial charge in [-0.15, -0.1) is 13.2 Å². The number of rotatable bonds is 6. The molecule has 0 heterocycles. The van der Waals surface area contributed by atoms with E-state index in [0.717, 1.165) is 12.1 Å². The van der Waals surface area contributed by atoms with Crippen LogP contribution in [0.1, 0.15) is 22.8 Å². The number of carboxylic acid groups (broad SMARTS) is 1. The number of hydrogen-bond acceptors (Lipinski definition) is 5. The van der Waals surface area contributed by atoms with Crippen molar-refractivity contribution in [2.75, 3.05) is 0 Å². The van der Waals surface area contributed by atoms with Crippen LogP contribution in [0.3, 0.4) is 0 Å². The Balaban J connectivity index is 2.18. The van der Waals surface area contributed by atoms with Gasteiger partial charge in [-0.05, 0) is 58.8 Å². The van der Waals surface area contributed by atoms with Gasteiger partial charge >= 0.3 is 28.0 Å². The van der Waals surface area contributed by atoms with Gasteiger partial charge in [0.1, 0.15) is 5.75 Å². The number of ether oxygens (including phenoxy) is 1. The summed E-state index contributed by atoms with van der Waals surface area (Å²) in [6.07, 6.45) is -4.77. The minimum Gasteiger partial charge on any atom is -0.478 e. The first-order chi connectivity index (χ1) is 15.6. The highest BCUT2D eigenvalue weighted by Crippen LogP contribution is 2.38. The zero-order chi connectivity index (χ0) is 25.5. The first kappa shape index (κ1) is 25.1. The van der Waals surface area contributed by atoms with Gasteiger partial charge in [0.05, 0.1) is 5.56 Å². The van der Waals surface area contributed by atoms with Gasteiger partial charge < -0.3 is 14.0 Å². The van der Waals surface area contributed by atoms with Crippen LogP contribution < -0.4 is 8.92 Å². The Morgan fingerprint density at radius 3 is 2.00 bits per heavy atom. The molecule has 0 amide bonds. The SMILES string of the molecule is CCc1c(C(=O)O)cc(OS(=O)(=O)C(F)(F)F)c2ccc(-c3ccc(OC(F)(F)F)cc3)cc12. The largest absolute Gasteiger partial charge is 0.573 e. The standard InChI is InChI=1S/C21H14F6O6S/c1-2-14-16-9-12(11-3-6-13(7-4-11)32-20(22,23)24)5-8-15(16)18(10-17(14)19(28)29)33-34(30,31)21(25,26)27/h3-10H,2H2,1H3,(H,28,29). The third-order valence-electron chi connectivity index (χ3n) is 4.70. The number of alkyl halides is 6. The maximum absolute atomic E-state index is 12.8. The fourth-order valence-electron chi connectivity index (χ4n) is 3.28. The maximum Gasteiger partial charge on any atom is 0.573 e. The van der Waals surface area contributed by atoms with Crippen molar-refractivity contribution in [3.63, 3.8) is 0 Å². The number of benzene rings is 3. The highest BCUT2D eigenvalue weighted by atomic mass is 32.2. The second-order valence-electron chi connectivity index (χ2n) is 6.88. The van der Waals surface area contributed by atoms with E-state index in [2.05, 4.69) is 8.92 Å². The van der Waals surface area contributed by atoms with Crippen LogP contribution in [0, 0.1) is 0 Å². The van der Waals surface area contributed by atoms with Crippen LogP contribution in [0.15, 0.2) is 48.5 Å². The molecule has 0 aliphatic rings. The third-order valence-corrected chi connectivity index (χ3v) is 5.66. The van der Waals surface area contributed by atoms with Gasteiger partial charge in [0.15, 0.2) is 5.75 Å². The Labute approximate surface area is 188 Å². The summed E-state index contributed by atoms with van der Waals surface area (Å²) in [5, 5.41) is 9.51. The van der Waals surface area contributed by atoms with Crippen molar-refractivity contribution in [2.24, 2.45) is 0 Å². The Morgan fingerprint density at radius 2 is 1.50 bits per heavy atom. The quantitative estimate of drug-likeness (QED) is 0.254. The first-order valence-corrected chi connectivity index (χ1v) is 10.7. The van der Waals surface area contributed by atoms with Gasteiger partial charge in [-0.2, -0.15) is 21.6 Å². The molecule has 13 heteroatoms. The van der Waals surface area contributed by atoms with Gasteiger partial charge in [0, 0.05) is 5.39 Å². The van der Waals surface area contributed by atoms with Gasteiger partial charge in [-0.3, -0.25) is 0 Å². The molecule has 34 heavy (non-hydrogen) atoms. The molecule has 0 saturated heterocycles. The lowest BCUT2D eigenvalue weighted by Crippen LogP contribution is -2.28. The molecule has 0 unspecified atom stereocenters. The molecule has 0 aromatic heterocycles. The summed E-state index contributed by atoms with van der Waals surface area (Å²) in [5.41, 5.74) is -5.27. The normalized spacial score (nSPS) is 12.6. The van der Waals surface area contributed by atoms with Gasteiger partial charge in [0.2, 0.25) is 0 Å². The number of carboxylic acids is 1. The van der Waals surface area contributed by atoms with E-state index in [0.29, 0.717) is 17.2 Å². The zero-order valence-corrected chi connectivity index (χ0v) is 17.8. The number of aryl methyl sites for hydroxylation is 1. The van der Waals surface area contributed by atoms with E-state index < -0.39 is 45.0 Å². The molecule has 0 aliphatic heterocycles. The van der Waals surface area contributed by atoms with Crippen LogP contribution in [0.5, 0.6) is 11.5 Å². The second-order valence-corrected chi connectivity index (χ2v) is 8.41. The number of aromatic carboxylic acids is 1. The van der Waals surface area contributed by atoms with Crippen LogP contribution in [0.4, 0.5) is 26.3 Å². The molecule has 0 bridgehead atoms. The Bertz CT molecular complexity index is 1350. The predicted octanol–water partition coefficient (Wildman–Crippen LogP) is 5.89. The summed E-state index contributed by atoms with van der Waals surface area (Å²) in [6, 6.07) is 9.37. The summed E-state index contributed by atoms with van der Waals surface area (Å²) >= 11 is 0. The molecule has 182 valence electrons. The molecule has 6 nitrogen and oxygen atoms in total. The molecule has 3 aromatic rings. The van der Waals surface area contributed by atoms with Crippen LogP contribution >= 0.6 is 0 Å². The van der Waals surface area contributed by atoms with Gasteiger partial charge in [0.25, 0.3) is 0 Å². The van der Waals surface area contributed by atoms with Gasteiger partial charge in [-0.25, -0.2) is 4.79 Å². The van der Waals surface area contributed by atoms with Gasteiger partial charge in [-0.1, -0.05) is 25.1 Å². The van der Waals surface area contributed by atoms with Crippen molar-refractivity contribution < 1.29 is 53.6 Å². The zero-order valence-electron chi connectivity index (χ0n) is 17.0. The number of hydrogen-bond donors (Lipinski definition) is 1. The Kier molecular flexibility index (Phi) is 6.44. The smallest absolute Gasteiger partial charge is 0.478 e. The van der Waals surface area contributed by atoms with E-state index in [9.17, 15) is 44.7 Å². The lowest BCUT2D eigenvalue weighted by Gasteiger charge is -2.16. The van der Waals surface area contributed by atoms with E-state index in [1.54, 1.807) is 6.92 Å². The predicted molar refractivity (Wildman–Crippen MR) is 108 cm³/mol. The van der Waals surface area contributed by atoms with E-state index >= 15 is 0 Å². The minimum absolute atomic E-state index is 0.0999. The van der Waals surface area contributed by atoms with Crippen molar-refractivity contribution in [3.8, 4) is 22.6 Å². The number of fused-ring (bicyclic) bond motifs is 1. The minimum atomic E-state index is -6.09. The fraction of sp³-hybridized carbons (Fsp3) is 0.190. The van der Waals surface area contributed by atoms with Crippen LogP contribution in [-0.2, 0) is 16.5 Å². The summed E-state index contributed by atoms with van der Waals surface area (Å²) in [5.74, 6) is -2.83. The molecular weight excluding hydrogens is 494 g/mol. The number of halogens is 6. The lowest BCUT2D eigenvalue weighted by atomic mass is 9.93. The lowest BCUT2D eigenvalue weighted by molar-refractivity contribution is -0.274. The fourth-order valence-corrected chi connectivity index (χ4v) is 3.75. The highest BCUT2D eigenvalue weighted by Gasteiger charge is 2.48. The molecule has 0 atom stereocenters. The summed E-state index contributed by atoms with van der Waals surface area (Å²) in [6.45, 7) is 1.59. The van der Waals surface area contributed by atoms with Crippen molar-refractivity contribution in [1.82, 2.24) is 0 Å². The van der Waals surface area contributed by atoms with E-state index in [1.165, 1.54) is 30.3 Å². The average molecular weight is 508 g/mol. The molecule has 0 saturated carbocycles. The Morgan fingerprint density at radius 1 is 0.912 bits per heavy atom. The molecule has 0 fully saturated rings. The van der Waals surface area contributed by atoms with Crippen LogP contribution in [0.25, 0.3) is 21.9 Å². The second kappa shape index (κ2) is 8.70. The molecule has 3 aromatic carbocycles. The molecule has 1 N–H and O–H groups in total. The monoisotopic (exact) mass is 508 g/mol. The molecule has 0 radical (unpaired) electrons. The highest BCUT2D eigenvalue weighted by molar-refractivity contribution is 7.88. The van der Waals surface area contributed by atoms with Crippen molar-refractivity contribution in [2.45, 2.75) is 25.2 Å². The molecule has 0 spiro atoms. The third kappa shape index (κ3) is 5.19. The summed E-state index contributed by atoms with van der Waals surface area (Å²) in [7, 11) is -6.09. The maximum atomic E-state index is 12.8. The van der Waals surface area contributed by atoms with E-state index in [4.69, 9.17) is 0 Å². The average Bonchev–Trinajstić information content (AvgIpc) is 2.71. The van der Waals surface area contributed by atoms with Crippen molar-refractivity contribution in [3.05, 3.63) is 59.7 Å². The van der Waals surface area contributed by atoms with Crippen molar-refractivity contribution >= 4 is 26.9 Å². The number of carbonyl (C=O) groups is 1. The molecular formula is C21H14F6O6S. The first-order valence-electron chi connectivity index (χ1n) is 9.33. The van der Waals surface area contributed by atoms with E-state index in [-0.39, 0.29) is 22.8 Å². The van der Waals surface area contributed by atoms with Crippen LogP contribution in [0.2, 0.25) is 0 Å². The molecule has 0 aliphatic carbocycles. The topological polar surface area (TPSA) is 89.9 Å². The summed E-state index contributed by atoms with van der Waals surface area (Å²) in [4.78, 5) is 11.7. The van der Waals surface area contributed by atoms with Crippen LogP contribution in [-0.4, -0.2) is 31.4 Å². The Hall–Kier alpha value is -3.48.